The van der Waals surface area contributed by atoms with Crippen molar-refractivity contribution in [2.45, 2.75) is 26.4 Å². The van der Waals surface area contributed by atoms with Gasteiger partial charge in [0.1, 0.15) is 5.75 Å². The molecule has 1 N–H and O–H groups in total. The Kier molecular flexibility index (Phi) is 5.30. The summed E-state index contributed by atoms with van der Waals surface area (Å²) < 4.78 is 7.16. The average Bonchev–Trinajstić information content (AvgIpc) is 2.98. The molecule has 6 heteroatoms. The van der Waals surface area contributed by atoms with E-state index in [1.54, 1.807) is 35.1 Å². The first-order valence-corrected chi connectivity index (χ1v) is 7.05. The molecule has 1 aromatic heterocycles. The van der Waals surface area contributed by atoms with E-state index in [1.165, 1.54) is 6.92 Å². The highest BCUT2D eigenvalue weighted by atomic mass is 16.5. The second kappa shape index (κ2) is 7.40. The summed E-state index contributed by atoms with van der Waals surface area (Å²) in [5.74, 6) is 0.248. The summed E-state index contributed by atoms with van der Waals surface area (Å²) in [5.41, 5.74) is 0.560. The van der Waals surface area contributed by atoms with E-state index in [0.717, 1.165) is 0 Å². The Morgan fingerprint density at radius 3 is 2.86 bits per heavy atom. The van der Waals surface area contributed by atoms with Gasteiger partial charge in [-0.3, -0.25) is 14.3 Å². The van der Waals surface area contributed by atoms with E-state index < -0.39 is 0 Å². The van der Waals surface area contributed by atoms with Gasteiger partial charge in [0.15, 0.2) is 12.4 Å². The fraction of sp³-hybridized carbons (Fsp3) is 0.312. The summed E-state index contributed by atoms with van der Waals surface area (Å²) >= 11 is 0. The summed E-state index contributed by atoms with van der Waals surface area (Å²) in [5, 5.41) is 6.92. The van der Waals surface area contributed by atoms with E-state index >= 15 is 0 Å². The molecule has 0 aliphatic heterocycles. The van der Waals surface area contributed by atoms with Crippen molar-refractivity contribution in [1.82, 2.24) is 15.1 Å². The molecule has 2 rings (SSSR count). The maximum Gasteiger partial charge on any atom is 0.258 e. The lowest BCUT2D eigenvalue weighted by molar-refractivity contribution is -0.123. The Hall–Kier alpha value is -2.63. The van der Waals surface area contributed by atoms with Gasteiger partial charge >= 0.3 is 0 Å². The van der Waals surface area contributed by atoms with Crippen molar-refractivity contribution >= 4 is 11.7 Å². The van der Waals surface area contributed by atoms with Crippen molar-refractivity contribution in [2.24, 2.45) is 0 Å². The van der Waals surface area contributed by atoms with Gasteiger partial charge in [-0.2, -0.15) is 5.10 Å². The van der Waals surface area contributed by atoms with Gasteiger partial charge in [-0.05, 0) is 32.0 Å². The van der Waals surface area contributed by atoms with Crippen molar-refractivity contribution < 1.29 is 14.3 Å². The molecular formula is C16H19N3O3. The maximum absolute atomic E-state index is 11.8. The summed E-state index contributed by atoms with van der Waals surface area (Å²) in [4.78, 5) is 23.1. The Bertz CT molecular complexity index is 638. The van der Waals surface area contributed by atoms with Gasteiger partial charge in [-0.25, -0.2) is 0 Å². The molecule has 0 spiro atoms. The van der Waals surface area contributed by atoms with Crippen LogP contribution in [0, 0.1) is 0 Å². The summed E-state index contributed by atoms with van der Waals surface area (Å²) in [6.07, 6.45) is 3.53. The van der Waals surface area contributed by atoms with Gasteiger partial charge in [0.05, 0.1) is 6.54 Å². The minimum Gasteiger partial charge on any atom is -0.484 e. The molecule has 22 heavy (non-hydrogen) atoms. The van der Waals surface area contributed by atoms with Crippen LogP contribution in [0.5, 0.6) is 5.75 Å². The van der Waals surface area contributed by atoms with Crippen molar-refractivity contribution in [3.05, 3.63) is 48.3 Å². The quantitative estimate of drug-likeness (QED) is 0.790. The number of hydrogen-bond acceptors (Lipinski definition) is 4. The number of Topliss-reactive ketones (excluding diaryl/α,β-unsaturated/α-hetero) is 1. The normalized spacial score (nSPS) is 11.7. The zero-order chi connectivity index (χ0) is 15.9. The molecule has 0 aliphatic carbocycles. The van der Waals surface area contributed by atoms with Gasteiger partial charge in [0.25, 0.3) is 5.91 Å². The van der Waals surface area contributed by atoms with Crippen molar-refractivity contribution in [3.63, 3.8) is 0 Å². The molecular weight excluding hydrogens is 282 g/mol. The average molecular weight is 301 g/mol. The standard InChI is InChI=1S/C16H19N3O3/c1-12(10-19-8-4-7-17-19)18-16(21)11-22-15-6-3-5-14(9-15)13(2)20/h3-9,12H,10-11H2,1-2H3,(H,18,21). The first-order valence-electron chi connectivity index (χ1n) is 7.05. The van der Waals surface area contributed by atoms with E-state index in [-0.39, 0.29) is 24.3 Å². The van der Waals surface area contributed by atoms with Gasteiger partial charge in [0.2, 0.25) is 0 Å². The van der Waals surface area contributed by atoms with Crippen LogP contribution in [0.3, 0.4) is 0 Å². The van der Waals surface area contributed by atoms with Crippen LogP contribution in [0.15, 0.2) is 42.7 Å². The van der Waals surface area contributed by atoms with Crippen LogP contribution in [-0.4, -0.2) is 34.1 Å². The lowest BCUT2D eigenvalue weighted by Gasteiger charge is -2.14. The number of amides is 1. The van der Waals surface area contributed by atoms with Gasteiger partial charge in [-0.15, -0.1) is 0 Å². The maximum atomic E-state index is 11.8. The highest BCUT2D eigenvalue weighted by Crippen LogP contribution is 2.13. The molecule has 0 saturated carbocycles. The third-order valence-corrected chi connectivity index (χ3v) is 3.04. The number of hydrogen-bond donors (Lipinski definition) is 1. The SMILES string of the molecule is CC(=O)c1cccc(OCC(=O)NC(C)Cn2cccn2)c1. The Labute approximate surface area is 129 Å². The molecule has 0 bridgehead atoms. The van der Waals surface area contributed by atoms with Crippen LogP contribution in [0.25, 0.3) is 0 Å². The molecule has 0 saturated heterocycles. The Morgan fingerprint density at radius 1 is 1.36 bits per heavy atom. The second-order valence-electron chi connectivity index (χ2n) is 5.07. The molecule has 1 atom stereocenters. The van der Waals surface area contributed by atoms with Crippen LogP contribution in [0.1, 0.15) is 24.2 Å². The van der Waals surface area contributed by atoms with Crippen molar-refractivity contribution in [3.8, 4) is 5.75 Å². The van der Waals surface area contributed by atoms with Gasteiger partial charge in [-0.1, -0.05) is 12.1 Å². The molecule has 0 radical (unpaired) electrons. The zero-order valence-corrected chi connectivity index (χ0v) is 12.7. The minimum absolute atomic E-state index is 0.0391. The number of ether oxygens (including phenoxy) is 1. The van der Waals surface area contributed by atoms with E-state index in [1.807, 2.05) is 19.2 Å². The van der Waals surface area contributed by atoms with Crippen LogP contribution >= 0.6 is 0 Å². The predicted molar refractivity (Wildman–Crippen MR) is 81.8 cm³/mol. The van der Waals surface area contributed by atoms with E-state index in [4.69, 9.17) is 4.74 Å². The number of nitrogens with zero attached hydrogens (tertiary/aromatic N) is 2. The highest BCUT2D eigenvalue weighted by molar-refractivity contribution is 5.94. The van der Waals surface area contributed by atoms with Crippen LogP contribution < -0.4 is 10.1 Å². The number of ketones is 1. The first-order chi connectivity index (χ1) is 10.5. The molecule has 0 aliphatic rings. The summed E-state index contributed by atoms with van der Waals surface area (Å²) in [7, 11) is 0. The molecule has 1 aromatic carbocycles. The molecule has 2 aromatic rings. The zero-order valence-electron chi connectivity index (χ0n) is 12.7. The monoisotopic (exact) mass is 301 g/mol. The lowest BCUT2D eigenvalue weighted by Crippen LogP contribution is -2.38. The lowest BCUT2D eigenvalue weighted by atomic mass is 10.1. The predicted octanol–water partition coefficient (Wildman–Crippen LogP) is 1.67. The van der Waals surface area contributed by atoms with Crippen molar-refractivity contribution in [1.29, 1.82) is 0 Å². The van der Waals surface area contributed by atoms with E-state index in [2.05, 4.69) is 10.4 Å². The fourth-order valence-corrected chi connectivity index (χ4v) is 2.00. The summed E-state index contributed by atoms with van der Waals surface area (Å²) in [6, 6.07) is 8.56. The Balaban J connectivity index is 1.80. The topological polar surface area (TPSA) is 73.2 Å². The number of carbonyl (C=O) groups excluding carboxylic acids is 2. The van der Waals surface area contributed by atoms with Crippen molar-refractivity contribution in [2.75, 3.05) is 6.61 Å². The number of rotatable bonds is 7. The van der Waals surface area contributed by atoms with Crippen LogP contribution in [0.4, 0.5) is 0 Å². The smallest absolute Gasteiger partial charge is 0.258 e. The molecule has 116 valence electrons. The summed E-state index contributed by atoms with van der Waals surface area (Å²) in [6.45, 7) is 3.89. The number of nitrogens with one attached hydrogen (secondary N) is 1. The molecule has 1 heterocycles. The highest BCUT2D eigenvalue weighted by Gasteiger charge is 2.09. The molecule has 6 nitrogen and oxygen atoms in total. The third-order valence-electron chi connectivity index (χ3n) is 3.04. The molecule has 0 fully saturated rings. The largest absolute Gasteiger partial charge is 0.484 e. The van der Waals surface area contributed by atoms with E-state index in [0.29, 0.717) is 17.9 Å². The van der Waals surface area contributed by atoms with Gasteiger partial charge < -0.3 is 10.1 Å². The fourth-order valence-electron chi connectivity index (χ4n) is 2.00. The Morgan fingerprint density at radius 2 is 2.18 bits per heavy atom. The number of benzene rings is 1. The van der Waals surface area contributed by atoms with Gasteiger partial charge in [0, 0.05) is 24.0 Å². The number of aromatic nitrogens is 2. The molecule has 1 amide bonds. The first kappa shape index (κ1) is 15.8. The minimum atomic E-state index is -0.215. The third kappa shape index (κ3) is 4.73. The second-order valence-corrected chi connectivity index (χ2v) is 5.07. The number of carbonyl (C=O) groups is 2. The van der Waals surface area contributed by atoms with Crippen LogP contribution in [0.2, 0.25) is 0 Å². The van der Waals surface area contributed by atoms with Crippen LogP contribution in [-0.2, 0) is 11.3 Å². The van der Waals surface area contributed by atoms with E-state index in [9.17, 15) is 9.59 Å². The molecule has 1 unspecified atom stereocenters.